The van der Waals surface area contributed by atoms with Gasteiger partial charge in [-0.2, -0.15) is 0 Å². The normalized spacial score (nSPS) is 19.4. The predicted molar refractivity (Wildman–Crippen MR) is 66.4 cm³/mol. The molecule has 0 aromatic heterocycles. The lowest BCUT2D eigenvalue weighted by atomic mass is 9.77. The number of ether oxygens (including phenoxy) is 1. The van der Waals surface area contributed by atoms with Crippen molar-refractivity contribution < 1.29 is 4.74 Å². The Morgan fingerprint density at radius 3 is 2.44 bits per heavy atom. The fraction of sp³-hybridized carbons (Fsp3) is 0.538. The monoisotopic (exact) mass is 220 g/mol. The first-order valence-corrected chi connectivity index (χ1v) is 5.88. The molecule has 1 aliphatic rings. The number of anilines is 1. The van der Waals surface area contributed by atoms with E-state index in [9.17, 15) is 0 Å². The summed E-state index contributed by atoms with van der Waals surface area (Å²) in [4.78, 5) is 0. The van der Waals surface area contributed by atoms with Crippen molar-refractivity contribution >= 4 is 5.69 Å². The van der Waals surface area contributed by atoms with Crippen LogP contribution < -0.4 is 16.2 Å². The molecular formula is C13H20N2O. The Balaban J connectivity index is 2.29. The maximum absolute atomic E-state index is 6.44. The third kappa shape index (κ3) is 2.00. The molecule has 0 heterocycles. The highest BCUT2D eigenvalue weighted by atomic mass is 16.5. The van der Waals surface area contributed by atoms with E-state index in [2.05, 4.69) is 0 Å². The van der Waals surface area contributed by atoms with Gasteiger partial charge in [0.15, 0.2) is 0 Å². The molecule has 1 aromatic rings. The van der Waals surface area contributed by atoms with Crippen molar-refractivity contribution in [3.63, 3.8) is 0 Å². The molecule has 0 radical (unpaired) electrons. The van der Waals surface area contributed by atoms with Crippen LogP contribution in [0.15, 0.2) is 18.2 Å². The molecule has 0 unspecified atom stereocenters. The first-order valence-electron chi connectivity index (χ1n) is 5.88. The van der Waals surface area contributed by atoms with E-state index < -0.39 is 0 Å². The predicted octanol–water partition coefficient (Wildman–Crippen LogP) is 2.40. The molecule has 0 saturated heterocycles. The van der Waals surface area contributed by atoms with Crippen LogP contribution in [-0.2, 0) is 5.54 Å². The van der Waals surface area contributed by atoms with E-state index in [0.717, 1.165) is 24.2 Å². The summed E-state index contributed by atoms with van der Waals surface area (Å²) in [5.41, 5.74) is 14.0. The summed E-state index contributed by atoms with van der Waals surface area (Å²) < 4.78 is 5.15. The molecule has 1 aromatic carbocycles. The molecule has 0 spiro atoms. The number of hydrogen-bond donors (Lipinski definition) is 2. The van der Waals surface area contributed by atoms with E-state index in [1.54, 1.807) is 7.11 Å². The van der Waals surface area contributed by atoms with Crippen LogP contribution in [-0.4, -0.2) is 7.11 Å². The van der Waals surface area contributed by atoms with Crippen molar-refractivity contribution in [1.29, 1.82) is 0 Å². The van der Waals surface area contributed by atoms with Gasteiger partial charge in [0, 0.05) is 5.54 Å². The fourth-order valence-electron chi connectivity index (χ4n) is 2.52. The minimum atomic E-state index is -0.182. The zero-order chi connectivity index (χ0) is 11.6. The van der Waals surface area contributed by atoms with Gasteiger partial charge in [-0.25, -0.2) is 0 Å². The Labute approximate surface area is 96.8 Å². The second-order valence-corrected chi connectivity index (χ2v) is 4.67. The maximum Gasteiger partial charge on any atom is 0.141 e. The van der Waals surface area contributed by atoms with E-state index in [4.69, 9.17) is 16.2 Å². The molecule has 0 amide bonds. The van der Waals surface area contributed by atoms with Crippen LogP contribution in [0, 0.1) is 0 Å². The average molecular weight is 220 g/mol. The summed E-state index contributed by atoms with van der Waals surface area (Å²) in [7, 11) is 1.63. The minimum absolute atomic E-state index is 0.182. The molecule has 0 bridgehead atoms. The lowest BCUT2D eigenvalue weighted by molar-refractivity contribution is 0.302. The van der Waals surface area contributed by atoms with Crippen LogP contribution in [0.4, 0.5) is 5.69 Å². The molecule has 16 heavy (non-hydrogen) atoms. The smallest absolute Gasteiger partial charge is 0.141 e. The van der Waals surface area contributed by atoms with Gasteiger partial charge in [-0.3, -0.25) is 0 Å². The van der Waals surface area contributed by atoms with Crippen LogP contribution in [0.2, 0.25) is 0 Å². The zero-order valence-corrected chi connectivity index (χ0v) is 9.83. The number of nitrogens with two attached hydrogens (primary N) is 2. The summed E-state index contributed by atoms with van der Waals surface area (Å²) in [6, 6.07) is 5.92. The summed E-state index contributed by atoms with van der Waals surface area (Å²) in [5.74, 6) is 0.725. The van der Waals surface area contributed by atoms with Crippen LogP contribution in [0.5, 0.6) is 5.75 Å². The highest BCUT2D eigenvalue weighted by molar-refractivity contribution is 5.55. The first-order chi connectivity index (χ1) is 7.65. The van der Waals surface area contributed by atoms with Crippen molar-refractivity contribution in [2.75, 3.05) is 12.8 Å². The Kier molecular flexibility index (Phi) is 3.06. The molecule has 88 valence electrons. The highest BCUT2D eigenvalue weighted by Crippen LogP contribution is 2.36. The second kappa shape index (κ2) is 4.34. The molecule has 3 heteroatoms. The molecule has 3 nitrogen and oxygen atoms in total. The van der Waals surface area contributed by atoms with Gasteiger partial charge in [0.1, 0.15) is 5.75 Å². The second-order valence-electron chi connectivity index (χ2n) is 4.67. The summed E-state index contributed by atoms with van der Waals surface area (Å²) in [6.45, 7) is 0. The van der Waals surface area contributed by atoms with Crippen molar-refractivity contribution in [3.05, 3.63) is 23.8 Å². The fourth-order valence-corrected chi connectivity index (χ4v) is 2.52. The van der Waals surface area contributed by atoms with Gasteiger partial charge in [-0.05, 0) is 30.5 Å². The average Bonchev–Trinajstić information content (AvgIpc) is 2.30. The SMILES string of the molecule is COc1ccc(C2(N)CCCCC2)cc1N. The summed E-state index contributed by atoms with van der Waals surface area (Å²) in [5, 5.41) is 0. The first kappa shape index (κ1) is 11.3. The van der Waals surface area contributed by atoms with E-state index in [1.807, 2.05) is 18.2 Å². The van der Waals surface area contributed by atoms with Crippen LogP contribution in [0.25, 0.3) is 0 Å². The summed E-state index contributed by atoms with van der Waals surface area (Å²) in [6.07, 6.45) is 5.83. The van der Waals surface area contributed by atoms with Gasteiger partial charge >= 0.3 is 0 Å². The molecule has 0 aliphatic heterocycles. The van der Waals surface area contributed by atoms with Crippen molar-refractivity contribution in [2.24, 2.45) is 5.73 Å². The standard InChI is InChI=1S/C13H20N2O/c1-16-12-6-5-10(9-11(12)14)13(15)7-3-2-4-8-13/h5-6,9H,2-4,7-8,14-15H2,1H3. The van der Waals surface area contributed by atoms with Crippen molar-refractivity contribution in [1.82, 2.24) is 0 Å². The molecule has 0 atom stereocenters. The van der Waals surface area contributed by atoms with E-state index >= 15 is 0 Å². The van der Waals surface area contributed by atoms with Crippen LogP contribution in [0.1, 0.15) is 37.7 Å². The Morgan fingerprint density at radius 1 is 1.19 bits per heavy atom. The largest absolute Gasteiger partial charge is 0.495 e. The number of rotatable bonds is 2. The maximum atomic E-state index is 6.44. The summed E-state index contributed by atoms with van der Waals surface area (Å²) >= 11 is 0. The lowest BCUT2D eigenvalue weighted by Crippen LogP contribution is -2.38. The number of benzene rings is 1. The molecule has 1 aliphatic carbocycles. The zero-order valence-electron chi connectivity index (χ0n) is 9.83. The van der Waals surface area contributed by atoms with Gasteiger partial charge in [0.05, 0.1) is 12.8 Å². The molecular weight excluding hydrogens is 200 g/mol. The topological polar surface area (TPSA) is 61.3 Å². The Bertz CT molecular complexity index is 370. The van der Waals surface area contributed by atoms with Gasteiger partial charge < -0.3 is 16.2 Å². The van der Waals surface area contributed by atoms with Gasteiger partial charge in [-0.1, -0.05) is 25.3 Å². The quantitative estimate of drug-likeness (QED) is 0.752. The number of hydrogen-bond acceptors (Lipinski definition) is 3. The van der Waals surface area contributed by atoms with E-state index in [-0.39, 0.29) is 5.54 Å². The molecule has 1 fully saturated rings. The molecule has 4 N–H and O–H groups in total. The van der Waals surface area contributed by atoms with Crippen LogP contribution in [0.3, 0.4) is 0 Å². The molecule has 1 saturated carbocycles. The third-order valence-electron chi connectivity index (χ3n) is 3.55. The van der Waals surface area contributed by atoms with Crippen molar-refractivity contribution in [2.45, 2.75) is 37.6 Å². The third-order valence-corrected chi connectivity index (χ3v) is 3.55. The van der Waals surface area contributed by atoms with E-state index in [0.29, 0.717) is 5.69 Å². The number of nitrogen functional groups attached to an aromatic ring is 1. The van der Waals surface area contributed by atoms with Crippen LogP contribution >= 0.6 is 0 Å². The number of methoxy groups -OCH3 is 1. The van der Waals surface area contributed by atoms with Crippen molar-refractivity contribution in [3.8, 4) is 5.75 Å². The van der Waals surface area contributed by atoms with Gasteiger partial charge in [0.2, 0.25) is 0 Å². The van der Waals surface area contributed by atoms with Gasteiger partial charge in [0.25, 0.3) is 0 Å². The Morgan fingerprint density at radius 2 is 1.88 bits per heavy atom. The van der Waals surface area contributed by atoms with Gasteiger partial charge in [-0.15, -0.1) is 0 Å². The highest BCUT2D eigenvalue weighted by Gasteiger charge is 2.29. The molecule has 2 rings (SSSR count). The minimum Gasteiger partial charge on any atom is -0.495 e. The van der Waals surface area contributed by atoms with E-state index in [1.165, 1.54) is 19.3 Å². The lowest BCUT2D eigenvalue weighted by Gasteiger charge is -2.34. The Hall–Kier alpha value is -1.22.